The van der Waals surface area contributed by atoms with Crippen LogP contribution in [0.15, 0.2) is 12.3 Å². The topological polar surface area (TPSA) is 41.6 Å². The van der Waals surface area contributed by atoms with Crippen molar-refractivity contribution in [1.82, 2.24) is 15.0 Å². The van der Waals surface area contributed by atoms with Crippen LogP contribution in [0.2, 0.25) is 5.15 Å². The molecule has 1 N–H and O–H groups in total. The molecule has 2 aliphatic rings. The first-order chi connectivity index (χ1) is 5.27. The van der Waals surface area contributed by atoms with E-state index in [1.54, 1.807) is 6.20 Å². The molecule has 0 radical (unpaired) electrons. The maximum Gasteiger partial charge on any atom is 0.158 e. The van der Waals surface area contributed by atoms with Crippen LogP contribution < -0.4 is 0 Å². The van der Waals surface area contributed by atoms with Crippen molar-refractivity contribution in [2.75, 3.05) is 0 Å². The van der Waals surface area contributed by atoms with Crippen LogP contribution >= 0.6 is 11.6 Å². The molecule has 0 unspecified atom stereocenters. The van der Waals surface area contributed by atoms with E-state index in [1.165, 1.54) is 0 Å². The molecule has 11 heavy (non-hydrogen) atoms. The lowest BCUT2D eigenvalue weighted by molar-refractivity contribution is 1.05. The third-order valence-electron chi connectivity index (χ3n) is 1.48. The van der Waals surface area contributed by atoms with Crippen LogP contribution in [0.25, 0.3) is 11.4 Å². The summed E-state index contributed by atoms with van der Waals surface area (Å²) in [5.74, 6) is 0.801. The summed E-state index contributed by atoms with van der Waals surface area (Å²) < 4.78 is 0. The normalized spacial score (nSPS) is 10.7. The monoisotopic (exact) mass is 167 g/mol. The van der Waals surface area contributed by atoms with E-state index < -0.39 is 0 Å². The molecule has 0 aliphatic carbocycles. The lowest BCUT2D eigenvalue weighted by Crippen LogP contribution is -1.92. The van der Waals surface area contributed by atoms with Gasteiger partial charge in [-0.3, -0.25) is 4.98 Å². The van der Waals surface area contributed by atoms with Crippen molar-refractivity contribution in [2.24, 2.45) is 0 Å². The zero-order chi connectivity index (χ0) is 7.84. The molecule has 3 nitrogen and oxygen atoms in total. The first-order valence-electron chi connectivity index (χ1n) is 3.24. The van der Waals surface area contributed by atoms with Gasteiger partial charge in [0.1, 0.15) is 11.5 Å². The molecule has 4 heteroatoms. The Morgan fingerprint density at radius 3 is 3.18 bits per heavy atom. The number of hydrogen-bond acceptors (Lipinski definition) is 2. The molecule has 0 aromatic rings. The minimum atomic E-state index is 0.459. The van der Waals surface area contributed by atoms with Gasteiger partial charge in [0, 0.05) is 6.20 Å². The van der Waals surface area contributed by atoms with E-state index in [1.807, 2.05) is 13.0 Å². The van der Waals surface area contributed by atoms with Crippen LogP contribution in [0.1, 0.15) is 5.82 Å². The lowest BCUT2D eigenvalue weighted by Gasteiger charge is -2.00. The Bertz CT molecular complexity index is 355. The zero-order valence-corrected chi connectivity index (χ0v) is 6.68. The van der Waals surface area contributed by atoms with Crippen LogP contribution in [0.4, 0.5) is 0 Å². The van der Waals surface area contributed by atoms with E-state index in [4.69, 9.17) is 11.6 Å². The van der Waals surface area contributed by atoms with Gasteiger partial charge in [0.05, 0.1) is 5.69 Å². The first kappa shape index (κ1) is 6.61. The van der Waals surface area contributed by atoms with Crippen molar-refractivity contribution >= 4 is 11.6 Å². The Balaban J connectivity index is 2.79. The Labute approximate surface area is 68.8 Å². The summed E-state index contributed by atoms with van der Waals surface area (Å²) >= 11 is 5.81. The molecule has 0 spiro atoms. The second-order valence-corrected chi connectivity index (χ2v) is 2.68. The molecular formula is C7H6ClN3. The van der Waals surface area contributed by atoms with E-state index >= 15 is 0 Å². The van der Waals surface area contributed by atoms with Crippen molar-refractivity contribution < 1.29 is 0 Å². The summed E-state index contributed by atoms with van der Waals surface area (Å²) in [6.07, 6.45) is 1.70. The molecule has 0 saturated carbocycles. The molecule has 2 heterocycles. The van der Waals surface area contributed by atoms with Gasteiger partial charge in [-0.05, 0) is 13.0 Å². The van der Waals surface area contributed by atoms with Crippen molar-refractivity contribution in [1.29, 1.82) is 0 Å². The number of aryl methyl sites for hydroxylation is 1. The second-order valence-electron chi connectivity index (χ2n) is 2.32. The SMILES string of the molecule is Cc1nc(Cl)c2nccc-2[nH]1. The van der Waals surface area contributed by atoms with Crippen molar-refractivity contribution in [3.05, 3.63) is 23.2 Å². The first-order valence-corrected chi connectivity index (χ1v) is 3.62. The summed E-state index contributed by atoms with van der Waals surface area (Å²) in [7, 11) is 0. The van der Waals surface area contributed by atoms with Gasteiger partial charge < -0.3 is 4.98 Å². The number of nitrogens with zero attached hydrogens (tertiary/aromatic N) is 2. The fraction of sp³-hybridized carbons (Fsp3) is 0.143. The third-order valence-corrected chi connectivity index (χ3v) is 1.74. The van der Waals surface area contributed by atoms with E-state index in [2.05, 4.69) is 15.0 Å². The van der Waals surface area contributed by atoms with Crippen LogP contribution in [-0.4, -0.2) is 15.0 Å². The smallest absolute Gasteiger partial charge is 0.158 e. The van der Waals surface area contributed by atoms with Gasteiger partial charge in [-0.1, -0.05) is 11.6 Å². The predicted octanol–water partition coefficient (Wildman–Crippen LogP) is 1.87. The predicted molar refractivity (Wildman–Crippen MR) is 42.8 cm³/mol. The van der Waals surface area contributed by atoms with Crippen LogP contribution in [0, 0.1) is 6.92 Å². The number of hydrogen-bond donors (Lipinski definition) is 1. The molecule has 2 aliphatic heterocycles. The van der Waals surface area contributed by atoms with Crippen molar-refractivity contribution in [2.45, 2.75) is 6.92 Å². The highest BCUT2D eigenvalue weighted by Crippen LogP contribution is 2.23. The summed E-state index contributed by atoms with van der Waals surface area (Å²) in [6, 6.07) is 1.87. The Morgan fingerprint density at radius 2 is 2.36 bits per heavy atom. The van der Waals surface area contributed by atoms with E-state index in [0.717, 1.165) is 17.2 Å². The minimum Gasteiger partial charge on any atom is -0.342 e. The fourth-order valence-corrected chi connectivity index (χ4v) is 1.30. The molecule has 0 atom stereocenters. The maximum absolute atomic E-state index is 5.81. The van der Waals surface area contributed by atoms with Gasteiger partial charge in [-0.15, -0.1) is 0 Å². The number of nitrogens with one attached hydrogen (secondary N) is 1. The number of aromatic nitrogens is 3. The van der Waals surface area contributed by atoms with Crippen LogP contribution in [-0.2, 0) is 0 Å². The lowest BCUT2D eigenvalue weighted by atomic mass is 10.3. The molecule has 0 aromatic heterocycles. The Kier molecular flexibility index (Phi) is 1.32. The molecule has 2 rings (SSSR count). The van der Waals surface area contributed by atoms with E-state index in [-0.39, 0.29) is 0 Å². The van der Waals surface area contributed by atoms with Gasteiger partial charge in [-0.2, -0.15) is 0 Å². The van der Waals surface area contributed by atoms with Gasteiger partial charge in [0.25, 0.3) is 0 Å². The molecule has 56 valence electrons. The highest BCUT2D eigenvalue weighted by Gasteiger charge is 2.09. The number of rotatable bonds is 0. The average Bonchev–Trinajstić information content (AvgIpc) is 2.34. The minimum absolute atomic E-state index is 0.459. The van der Waals surface area contributed by atoms with E-state index in [9.17, 15) is 0 Å². The molecule has 0 amide bonds. The highest BCUT2D eigenvalue weighted by atomic mass is 35.5. The summed E-state index contributed by atoms with van der Waals surface area (Å²) in [5.41, 5.74) is 1.67. The summed E-state index contributed by atoms with van der Waals surface area (Å²) in [6.45, 7) is 1.86. The fourth-order valence-electron chi connectivity index (χ4n) is 1.02. The second kappa shape index (κ2) is 2.20. The highest BCUT2D eigenvalue weighted by molar-refractivity contribution is 6.31. The van der Waals surface area contributed by atoms with Crippen LogP contribution in [0.3, 0.4) is 0 Å². The Morgan fingerprint density at radius 1 is 1.55 bits per heavy atom. The molecule has 0 aromatic carbocycles. The van der Waals surface area contributed by atoms with E-state index in [0.29, 0.717) is 5.15 Å². The van der Waals surface area contributed by atoms with Gasteiger partial charge >= 0.3 is 0 Å². The zero-order valence-electron chi connectivity index (χ0n) is 5.93. The molecule has 0 fully saturated rings. The van der Waals surface area contributed by atoms with Gasteiger partial charge in [0.15, 0.2) is 5.15 Å². The molecule has 0 bridgehead atoms. The molecule has 0 saturated heterocycles. The standard InChI is InChI=1S/C7H6ClN3/c1-4-10-5-2-3-9-6(5)7(8)11-4/h2-3H,1H3,(H,10,11). The number of aromatic amines is 1. The summed E-state index contributed by atoms with van der Waals surface area (Å²) in [4.78, 5) is 11.1. The molecular weight excluding hydrogens is 162 g/mol. The number of halogens is 1. The van der Waals surface area contributed by atoms with Gasteiger partial charge in [0.2, 0.25) is 0 Å². The van der Waals surface area contributed by atoms with Crippen LogP contribution in [0.5, 0.6) is 0 Å². The number of H-pyrrole nitrogens is 1. The summed E-state index contributed by atoms with van der Waals surface area (Å²) in [5, 5.41) is 0.459. The van der Waals surface area contributed by atoms with Crippen molar-refractivity contribution in [3.63, 3.8) is 0 Å². The number of fused-ring (bicyclic) bond motifs is 1. The maximum atomic E-state index is 5.81. The third kappa shape index (κ3) is 0.973. The largest absolute Gasteiger partial charge is 0.342 e. The Hall–Kier alpha value is -1.09. The quantitative estimate of drug-likeness (QED) is 0.609. The van der Waals surface area contributed by atoms with Gasteiger partial charge in [-0.25, -0.2) is 4.98 Å². The average molecular weight is 168 g/mol. The van der Waals surface area contributed by atoms with Crippen molar-refractivity contribution in [3.8, 4) is 11.4 Å².